The summed E-state index contributed by atoms with van der Waals surface area (Å²) in [5.41, 5.74) is 2.57. The van der Waals surface area contributed by atoms with Crippen molar-refractivity contribution in [2.75, 3.05) is 37.5 Å². The first-order valence-corrected chi connectivity index (χ1v) is 10.6. The summed E-state index contributed by atoms with van der Waals surface area (Å²) in [5.74, 6) is -0.288. The Hall–Kier alpha value is -3.55. The van der Waals surface area contributed by atoms with Crippen LogP contribution in [0.2, 0.25) is 0 Å². The quantitative estimate of drug-likeness (QED) is 0.613. The van der Waals surface area contributed by atoms with Crippen molar-refractivity contribution in [2.45, 2.75) is 32.2 Å². The second kappa shape index (κ2) is 10.7. The van der Waals surface area contributed by atoms with Crippen molar-refractivity contribution in [1.29, 1.82) is 0 Å². The first kappa shape index (κ1) is 23.1. The third-order valence-electron chi connectivity index (χ3n) is 5.42. The molecule has 0 bridgehead atoms. The smallest absolute Gasteiger partial charge is 0.337 e. The van der Waals surface area contributed by atoms with Gasteiger partial charge in [-0.25, -0.2) is 4.79 Å². The van der Waals surface area contributed by atoms with Gasteiger partial charge in [-0.2, -0.15) is 0 Å². The van der Waals surface area contributed by atoms with Gasteiger partial charge >= 0.3 is 5.97 Å². The van der Waals surface area contributed by atoms with Crippen molar-refractivity contribution in [3.63, 3.8) is 0 Å². The van der Waals surface area contributed by atoms with Crippen molar-refractivity contribution < 1.29 is 23.9 Å². The molecule has 8 nitrogen and oxygen atoms in total. The molecule has 2 aromatic carbocycles. The third kappa shape index (κ3) is 5.78. The highest BCUT2D eigenvalue weighted by molar-refractivity contribution is 5.98. The largest absolute Gasteiger partial charge is 0.497 e. The maximum absolute atomic E-state index is 13.0. The Balaban J connectivity index is 1.82. The van der Waals surface area contributed by atoms with Crippen LogP contribution in [-0.2, 0) is 14.3 Å². The van der Waals surface area contributed by atoms with E-state index in [0.717, 1.165) is 37.2 Å². The zero-order chi connectivity index (χ0) is 23.1. The Labute approximate surface area is 187 Å². The van der Waals surface area contributed by atoms with Crippen molar-refractivity contribution >= 4 is 29.2 Å². The Morgan fingerprint density at radius 3 is 2.31 bits per heavy atom. The lowest BCUT2D eigenvalue weighted by atomic mass is 10.0. The fraction of sp³-hybridized carbons (Fsp3) is 0.375. The summed E-state index contributed by atoms with van der Waals surface area (Å²) in [5, 5.41) is 5.77. The monoisotopic (exact) mass is 439 g/mol. The Morgan fingerprint density at radius 1 is 1.03 bits per heavy atom. The zero-order valence-electron chi connectivity index (χ0n) is 18.6. The topological polar surface area (TPSA) is 97.0 Å². The number of nitrogens with zero attached hydrogens (tertiary/aromatic N) is 1. The van der Waals surface area contributed by atoms with Crippen LogP contribution < -0.4 is 20.3 Å². The van der Waals surface area contributed by atoms with Crippen molar-refractivity contribution in [2.24, 2.45) is 0 Å². The second-order valence-corrected chi connectivity index (χ2v) is 7.70. The Morgan fingerprint density at radius 2 is 1.72 bits per heavy atom. The van der Waals surface area contributed by atoms with Crippen LogP contribution in [0.15, 0.2) is 42.5 Å². The molecule has 2 amide bonds. The number of carbonyl (C=O) groups is 3. The molecule has 32 heavy (non-hydrogen) atoms. The minimum atomic E-state index is -0.502. The second-order valence-electron chi connectivity index (χ2n) is 7.70. The van der Waals surface area contributed by atoms with Gasteiger partial charge < -0.3 is 25.0 Å². The van der Waals surface area contributed by atoms with Crippen LogP contribution in [0.4, 0.5) is 11.4 Å². The number of benzene rings is 2. The molecule has 0 saturated carbocycles. The van der Waals surface area contributed by atoms with E-state index in [0.29, 0.717) is 17.0 Å². The van der Waals surface area contributed by atoms with Gasteiger partial charge in [0.2, 0.25) is 11.8 Å². The molecule has 2 aromatic rings. The molecule has 1 unspecified atom stereocenters. The van der Waals surface area contributed by atoms with Crippen molar-refractivity contribution in [3.8, 4) is 5.75 Å². The van der Waals surface area contributed by atoms with E-state index < -0.39 is 12.0 Å². The number of anilines is 2. The van der Waals surface area contributed by atoms with Gasteiger partial charge in [0.05, 0.1) is 43.6 Å². The highest BCUT2D eigenvalue weighted by atomic mass is 16.5. The molecule has 0 spiro atoms. The summed E-state index contributed by atoms with van der Waals surface area (Å²) in [7, 11) is 2.90. The van der Waals surface area contributed by atoms with E-state index in [2.05, 4.69) is 15.5 Å². The number of nitrogens with one attached hydrogen (secondary N) is 2. The van der Waals surface area contributed by atoms with E-state index in [1.165, 1.54) is 14.0 Å². The molecule has 1 aliphatic heterocycles. The number of hydrogen-bond acceptors (Lipinski definition) is 6. The molecule has 1 atom stereocenters. The van der Waals surface area contributed by atoms with E-state index in [1.54, 1.807) is 31.4 Å². The van der Waals surface area contributed by atoms with Gasteiger partial charge in [0, 0.05) is 20.0 Å². The SMILES string of the molecule is COC(=O)c1ccc(N2CCCC2)c(NC(=O)CC(NC(C)=O)c2ccc(OC)cc2)c1. The van der Waals surface area contributed by atoms with Crippen LogP contribution in [0, 0.1) is 0 Å². The minimum absolute atomic E-state index is 0.0355. The predicted molar refractivity (Wildman–Crippen MR) is 122 cm³/mol. The number of amides is 2. The van der Waals surface area contributed by atoms with Crippen LogP contribution in [0.3, 0.4) is 0 Å². The van der Waals surface area contributed by atoms with Crippen LogP contribution in [0.25, 0.3) is 0 Å². The molecule has 1 saturated heterocycles. The molecule has 170 valence electrons. The fourth-order valence-corrected chi connectivity index (χ4v) is 3.84. The van der Waals surface area contributed by atoms with Gasteiger partial charge in [-0.1, -0.05) is 12.1 Å². The van der Waals surface area contributed by atoms with Gasteiger partial charge in [-0.05, 0) is 48.7 Å². The average Bonchev–Trinajstić information content (AvgIpc) is 3.32. The lowest BCUT2D eigenvalue weighted by Crippen LogP contribution is -2.30. The average molecular weight is 440 g/mol. The number of carbonyl (C=O) groups excluding carboxylic acids is 3. The van der Waals surface area contributed by atoms with Crippen molar-refractivity contribution in [1.82, 2.24) is 5.32 Å². The number of hydrogen-bond donors (Lipinski definition) is 2. The molecule has 1 heterocycles. The van der Waals surface area contributed by atoms with E-state index >= 15 is 0 Å². The highest BCUT2D eigenvalue weighted by Crippen LogP contribution is 2.31. The number of methoxy groups -OCH3 is 2. The third-order valence-corrected chi connectivity index (χ3v) is 5.42. The first-order valence-electron chi connectivity index (χ1n) is 10.6. The van der Waals surface area contributed by atoms with Crippen LogP contribution >= 0.6 is 0 Å². The van der Waals surface area contributed by atoms with E-state index in [-0.39, 0.29) is 18.2 Å². The maximum Gasteiger partial charge on any atom is 0.337 e. The van der Waals surface area contributed by atoms with Gasteiger partial charge in [0.15, 0.2) is 0 Å². The van der Waals surface area contributed by atoms with E-state index in [1.807, 2.05) is 18.2 Å². The Kier molecular flexibility index (Phi) is 7.70. The Bertz CT molecular complexity index is 968. The van der Waals surface area contributed by atoms with Crippen molar-refractivity contribution in [3.05, 3.63) is 53.6 Å². The maximum atomic E-state index is 13.0. The minimum Gasteiger partial charge on any atom is -0.497 e. The summed E-state index contributed by atoms with van der Waals surface area (Å²) >= 11 is 0. The first-order chi connectivity index (χ1) is 15.4. The van der Waals surface area contributed by atoms with Gasteiger partial charge in [0.1, 0.15) is 5.75 Å². The van der Waals surface area contributed by atoms with E-state index in [4.69, 9.17) is 9.47 Å². The van der Waals surface area contributed by atoms with Crippen LogP contribution in [0.5, 0.6) is 5.75 Å². The normalized spacial score (nSPS) is 13.9. The summed E-state index contributed by atoms with van der Waals surface area (Å²) < 4.78 is 10.0. The lowest BCUT2D eigenvalue weighted by molar-refractivity contribution is -0.120. The van der Waals surface area contributed by atoms with Gasteiger partial charge in [-0.3, -0.25) is 9.59 Å². The number of rotatable bonds is 8. The van der Waals surface area contributed by atoms with E-state index in [9.17, 15) is 14.4 Å². The zero-order valence-corrected chi connectivity index (χ0v) is 18.6. The molecule has 1 aliphatic rings. The summed E-state index contributed by atoms with van der Waals surface area (Å²) in [6, 6.07) is 11.9. The van der Waals surface area contributed by atoms with Gasteiger partial charge in [-0.15, -0.1) is 0 Å². The highest BCUT2D eigenvalue weighted by Gasteiger charge is 2.22. The van der Waals surface area contributed by atoms with Crippen LogP contribution in [0.1, 0.15) is 48.1 Å². The number of ether oxygens (including phenoxy) is 2. The summed E-state index contributed by atoms with van der Waals surface area (Å²) in [6.07, 6.45) is 2.19. The molecular weight excluding hydrogens is 410 g/mol. The van der Waals surface area contributed by atoms with Gasteiger partial charge in [0.25, 0.3) is 0 Å². The standard InChI is InChI=1S/C24H29N3O5/c1-16(28)25-20(17-6-9-19(31-2)10-7-17)15-23(29)26-21-14-18(24(30)32-3)8-11-22(21)27-12-4-5-13-27/h6-11,14,20H,4-5,12-13,15H2,1-3H3,(H,25,28)(H,26,29). The lowest BCUT2D eigenvalue weighted by Gasteiger charge is -2.23. The molecule has 8 heteroatoms. The molecule has 2 N–H and O–H groups in total. The molecule has 0 aliphatic carbocycles. The molecule has 3 rings (SSSR count). The molecule has 0 radical (unpaired) electrons. The molecular formula is C24H29N3O5. The number of esters is 1. The predicted octanol–water partition coefficient (Wildman–Crippen LogP) is 3.29. The summed E-state index contributed by atoms with van der Waals surface area (Å²) in [4.78, 5) is 38.9. The molecule has 1 fully saturated rings. The molecule has 0 aromatic heterocycles. The fourth-order valence-electron chi connectivity index (χ4n) is 3.84. The summed E-state index contributed by atoms with van der Waals surface area (Å²) in [6.45, 7) is 3.20. The van der Waals surface area contributed by atoms with Crippen LogP contribution in [-0.4, -0.2) is 45.1 Å².